The zero-order chi connectivity index (χ0) is 25.7. The average Bonchev–Trinajstić information content (AvgIpc) is 2.81. The molecule has 36 heavy (non-hydrogen) atoms. The van der Waals surface area contributed by atoms with Gasteiger partial charge in [-0.25, -0.2) is 4.39 Å². The van der Waals surface area contributed by atoms with Crippen LogP contribution in [0.15, 0.2) is 48.9 Å². The molecule has 1 amide bonds. The molecular formula is C25H21F4N3O4. The molecule has 3 aromatic rings. The number of hydrogen-bond acceptors (Lipinski definition) is 6. The van der Waals surface area contributed by atoms with Crippen molar-refractivity contribution in [3.63, 3.8) is 0 Å². The Morgan fingerprint density at radius 3 is 2.36 bits per heavy atom. The zero-order valence-electron chi connectivity index (χ0n) is 19.0. The number of hydrogen-bond donors (Lipinski definition) is 2. The highest BCUT2D eigenvalue weighted by molar-refractivity contribution is 6.05. The number of rotatable bonds is 5. The first-order valence-corrected chi connectivity index (χ1v) is 11.0. The van der Waals surface area contributed by atoms with Crippen LogP contribution in [0.4, 0.5) is 23.2 Å². The lowest BCUT2D eigenvalue weighted by molar-refractivity contribution is -0.184. The molecule has 0 aliphatic carbocycles. The molecule has 2 N–H and O–H groups in total. The molecule has 5 rings (SSSR count). The Kier molecular flexibility index (Phi) is 5.81. The molecule has 7 nitrogen and oxygen atoms in total. The van der Waals surface area contributed by atoms with Gasteiger partial charge in [-0.05, 0) is 53.9 Å². The van der Waals surface area contributed by atoms with Gasteiger partial charge in [0.1, 0.15) is 5.60 Å². The minimum absolute atomic E-state index is 0.0620. The number of carbonyl (C=O) groups is 1. The Morgan fingerprint density at radius 2 is 1.75 bits per heavy atom. The van der Waals surface area contributed by atoms with Crippen LogP contribution in [-0.2, 0) is 26.9 Å². The number of alkyl halides is 4. The fraction of sp³-hybridized carbons (Fsp3) is 0.320. The molecule has 2 saturated heterocycles. The fourth-order valence-corrected chi connectivity index (χ4v) is 4.13. The van der Waals surface area contributed by atoms with Crippen molar-refractivity contribution in [2.75, 3.05) is 31.7 Å². The molecule has 188 valence electrons. The van der Waals surface area contributed by atoms with Crippen molar-refractivity contribution in [2.24, 2.45) is 0 Å². The number of aliphatic hydroxyl groups is 1. The summed E-state index contributed by atoms with van der Waals surface area (Å²) in [6.45, 7) is 1.59. The van der Waals surface area contributed by atoms with Gasteiger partial charge >= 0.3 is 6.18 Å². The fourth-order valence-electron chi connectivity index (χ4n) is 4.13. The third-order valence-corrected chi connectivity index (χ3v) is 6.36. The van der Waals surface area contributed by atoms with E-state index in [4.69, 9.17) is 9.47 Å². The zero-order valence-corrected chi connectivity index (χ0v) is 19.0. The van der Waals surface area contributed by atoms with Gasteiger partial charge in [0.25, 0.3) is 5.91 Å². The van der Waals surface area contributed by atoms with Crippen LogP contribution in [-0.4, -0.2) is 47.4 Å². The van der Waals surface area contributed by atoms with Gasteiger partial charge in [-0.1, -0.05) is 0 Å². The topological polar surface area (TPSA) is 93.6 Å². The molecule has 0 unspecified atom stereocenters. The predicted octanol–water partition coefficient (Wildman–Crippen LogP) is 4.14. The molecule has 0 atom stereocenters. The first-order chi connectivity index (χ1) is 17.0. The van der Waals surface area contributed by atoms with Crippen LogP contribution >= 0.6 is 0 Å². The number of pyridine rings is 2. The molecule has 0 bridgehead atoms. The second-order valence-corrected chi connectivity index (χ2v) is 9.01. The van der Waals surface area contributed by atoms with Crippen LogP contribution in [0.25, 0.3) is 11.1 Å². The molecule has 2 aliphatic heterocycles. The monoisotopic (exact) mass is 503 g/mol. The van der Waals surface area contributed by atoms with Crippen molar-refractivity contribution in [2.45, 2.75) is 24.4 Å². The molecule has 1 aromatic carbocycles. The predicted molar refractivity (Wildman–Crippen MR) is 120 cm³/mol. The molecule has 4 heterocycles. The van der Waals surface area contributed by atoms with Crippen LogP contribution in [0.5, 0.6) is 0 Å². The van der Waals surface area contributed by atoms with E-state index in [1.807, 2.05) is 0 Å². The van der Waals surface area contributed by atoms with Gasteiger partial charge in [-0.15, -0.1) is 0 Å². The maximum Gasteiger partial charge on any atom is 0.418 e. The Hall–Kier alpha value is -3.41. The van der Waals surface area contributed by atoms with E-state index in [0.717, 1.165) is 12.3 Å². The third-order valence-electron chi connectivity index (χ3n) is 6.36. The lowest BCUT2D eigenvalue weighted by atomic mass is 9.83. The number of nitrogens with one attached hydrogen (secondary N) is 1. The van der Waals surface area contributed by atoms with Crippen molar-refractivity contribution in [1.82, 2.24) is 9.97 Å². The second-order valence-electron chi connectivity index (χ2n) is 9.01. The normalized spacial score (nSPS) is 18.2. The Morgan fingerprint density at radius 1 is 1.06 bits per heavy atom. The number of ether oxygens (including phenoxy) is 2. The smallest absolute Gasteiger partial charge is 0.380 e. The average molecular weight is 503 g/mol. The number of benzene rings is 1. The summed E-state index contributed by atoms with van der Waals surface area (Å²) in [5.41, 5.74) is -2.24. The van der Waals surface area contributed by atoms with E-state index in [2.05, 4.69) is 15.3 Å². The number of amides is 1. The molecule has 0 radical (unpaired) electrons. The summed E-state index contributed by atoms with van der Waals surface area (Å²) in [4.78, 5) is 20.4. The van der Waals surface area contributed by atoms with E-state index < -0.39 is 34.5 Å². The third kappa shape index (κ3) is 4.34. The minimum Gasteiger partial charge on any atom is -0.380 e. The maximum atomic E-state index is 15.3. The van der Waals surface area contributed by atoms with Crippen LogP contribution in [0.2, 0.25) is 0 Å². The van der Waals surface area contributed by atoms with Gasteiger partial charge in [0.05, 0.1) is 49.4 Å². The second kappa shape index (κ2) is 8.61. The highest BCUT2D eigenvalue weighted by atomic mass is 19.4. The summed E-state index contributed by atoms with van der Waals surface area (Å²) < 4.78 is 65.5. The van der Waals surface area contributed by atoms with Crippen molar-refractivity contribution >= 4 is 11.6 Å². The van der Waals surface area contributed by atoms with Gasteiger partial charge in [-0.3, -0.25) is 14.8 Å². The van der Waals surface area contributed by atoms with Crippen LogP contribution in [0.3, 0.4) is 0 Å². The lowest BCUT2D eigenvalue weighted by Gasteiger charge is -2.39. The first kappa shape index (κ1) is 24.3. The molecule has 2 aliphatic rings. The van der Waals surface area contributed by atoms with Crippen molar-refractivity contribution in [3.05, 3.63) is 76.9 Å². The van der Waals surface area contributed by atoms with Gasteiger partial charge in [0, 0.05) is 23.7 Å². The summed E-state index contributed by atoms with van der Waals surface area (Å²) in [5, 5.41) is 13.3. The number of nitrogens with zero attached hydrogens (tertiary/aromatic N) is 2. The molecule has 0 saturated carbocycles. The summed E-state index contributed by atoms with van der Waals surface area (Å²) in [6.07, 6.45) is -1.75. The first-order valence-electron chi connectivity index (χ1n) is 11.0. The highest BCUT2D eigenvalue weighted by Gasteiger charge is 2.44. The van der Waals surface area contributed by atoms with Crippen LogP contribution in [0.1, 0.15) is 32.7 Å². The summed E-state index contributed by atoms with van der Waals surface area (Å²) in [7, 11) is 0. The number of halogens is 4. The van der Waals surface area contributed by atoms with Crippen LogP contribution < -0.4 is 5.32 Å². The lowest BCUT2D eigenvalue weighted by Crippen LogP contribution is -2.47. The minimum atomic E-state index is -4.76. The van der Waals surface area contributed by atoms with E-state index >= 15 is 4.39 Å². The van der Waals surface area contributed by atoms with Gasteiger partial charge in [0.2, 0.25) is 0 Å². The van der Waals surface area contributed by atoms with Crippen molar-refractivity contribution < 1.29 is 36.9 Å². The standard InChI is InChI=1S/C25H21F4N3O4/c1-14-20(7-18(8-31-14)32-22(33)19-2-3-30-9-21(19)25(27,28)29)15-4-16(23(26)10-35-11-23)6-17(5-15)24(34)12-36-13-24/h2-9,34H,10-13H2,1H3,(H,32,33). The summed E-state index contributed by atoms with van der Waals surface area (Å²) >= 11 is 0. The summed E-state index contributed by atoms with van der Waals surface area (Å²) in [5.74, 6) is -0.981. The van der Waals surface area contributed by atoms with E-state index in [-0.39, 0.29) is 32.1 Å². The molecule has 2 aromatic heterocycles. The van der Waals surface area contributed by atoms with Gasteiger partial charge in [-0.2, -0.15) is 13.2 Å². The van der Waals surface area contributed by atoms with E-state index in [0.29, 0.717) is 34.1 Å². The Labute approximate surface area is 203 Å². The van der Waals surface area contributed by atoms with E-state index in [1.54, 1.807) is 31.2 Å². The highest BCUT2D eigenvalue weighted by Crippen LogP contribution is 2.41. The Bertz CT molecular complexity index is 1300. The van der Waals surface area contributed by atoms with E-state index in [9.17, 15) is 23.1 Å². The maximum absolute atomic E-state index is 15.3. The number of aromatic nitrogens is 2. The molecule has 2 fully saturated rings. The number of anilines is 1. The van der Waals surface area contributed by atoms with E-state index in [1.165, 1.54) is 6.20 Å². The molecule has 11 heteroatoms. The Balaban J connectivity index is 1.52. The molecular weight excluding hydrogens is 482 g/mol. The largest absolute Gasteiger partial charge is 0.418 e. The van der Waals surface area contributed by atoms with Gasteiger partial charge in [0.15, 0.2) is 5.67 Å². The molecule has 0 spiro atoms. The number of carbonyl (C=O) groups excluding carboxylic acids is 1. The van der Waals surface area contributed by atoms with Crippen molar-refractivity contribution in [3.8, 4) is 11.1 Å². The van der Waals surface area contributed by atoms with Crippen LogP contribution in [0, 0.1) is 6.92 Å². The summed E-state index contributed by atoms with van der Waals surface area (Å²) in [6, 6.07) is 7.43. The quantitative estimate of drug-likeness (QED) is 0.509. The van der Waals surface area contributed by atoms with Gasteiger partial charge < -0.3 is 19.9 Å². The number of aryl methyl sites for hydroxylation is 1. The SMILES string of the molecule is Cc1ncc(NC(=O)c2ccncc2C(F)(F)F)cc1-c1cc(C2(O)COC2)cc(C2(F)COC2)c1. The van der Waals surface area contributed by atoms with Crippen molar-refractivity contribution in [1.29, 1.82) is 0 Å².